The summed E-state index contributed by atoms with van der Waals surface area (Å²) in [6.07, 6.45) is 1.13. The van der Waals surface area contributed by atoms with Crippen molar-refractivity contribution in [3.05, 3.63) is 54.1 Å². The van der Waals surface area contributed by atoms with Gasteiger partial charge in [0, 0.05) is 44.0 Å². The van der Waals surface area contributed by atoms with Gasteiger partial charge in [0.1, 0.15) is 11.6 Å². The maximum Gasteiger partial charge on any atom is 0.125 e. The summed E-state index contributed by atoms with van der Waals surface area (Å²) in [6, 6.07) is 12.5. The molecule has 0 saturated carbocycles. The van der Waals surface area contributed by atoms with Crippen LogP contribution < -0.4 is 9.80 Å². The molecule has 0 N–H and O–H groups in total. The van der Waals surface area contributed by atoms with Crippen LogP contribution in [0.2, 0.25) is 0 Å². The Kier molecular flexibility index (Phi) is 4.57. The second-order valence-electron chi connectivity index (χ2n) is 7.49. The Hall–Kier alpha value is -2.14. The maximum atomic E-state index is 14.0. The molecule has 0 spiro atoms. The number of hydrogen-bond donors (Lipinski definition) is 0. The monoisotopic (exact) mass is 357 g/mol. The first-order chi connectivity index (χ1) is 12.5. The summed E-state index contributed by atoms with van der Waals surface area (Å²) < 4.78 is 27.3. The minimum Gasteiger partial charge on any atom is -0.364 e. The highest BCUT2D eigenvalue weighted by atomic mass is 19.1. The largest absolute Gasteiger partial charge is 0.364 e. The number of rotatable bonds is 3. The molecule has 0 aliphatic carbocycles. The average molecular weight is 357 g/mol. The van der Waals surface area contributed by atoms with Crippen LogP contribution in [0.25, 0.3) is 0 Å². The Morgan fingerprint density at radius 1 is 0.885 bits per heavy atom. The number of halogens is 2. The van der Waals surface area contributed by atoms with Crippen molar-refractivity contribution in [3.8, 4) is 0 Å². The number of nitrogens with zero attached hydrogens (tertiary/aromatic N) is 3. The van der Waals surface area contributed by atoms with E-state index in [0.717, 1.165) is 49.7 Å². The zero-order chi connectivity index (χ0) is 18.3. The van der Waals surface area contributed by atoms with E-state index in [0.29, 0.717) is 12.1 Å². The van der Waals surface area contributed by atoms with Gasteiger partial charge in [-0.25, -0.2) is 8.78 Å². The van der Waals surface area contributed by atoms with Crippen LogP contribution >= 0.6 is 0 Å². The fraction of sp³-hybridized carbons (Fsp3) is 0.429. The predicted octanol–water partition coefficient (Wildman–Crippen LogP) is 4.41. The summed E-state index contributed by atoms with van der Waals surface area (Å²) in [5.41, 5.74) is 2.83. The normalized spacial score (nSPS) is 20.7. The van der Waals surface area contributed by atoms with E-state index in [1.165, 1.54) is 18.2 Å². The fourth-order valence-electron chi connectivity index (χ4n) is 4.16. The molecule has 2 aromatic rings. The smallest absolute Gasteiger partial charge is 0.125 e. The van der Waals surface area contributed by atoms with Crippen molar-refractivity contribution in [2.75, 3.05) is 36.0 Å². The van der Waals surface area contributed by atoms with Gasteiger partial charge in [-0.1, -0.05) is 0 Å². The standard InChI is InChI=1S/C21H25F2N3/c1-15(2)24-10-9-19(14-24)26-12-11-25(18-6-3-16(22)4-7-18)21-13-17(23)5-8-20(21)26/h3-8,13,15,19H,9-12,14H2,1-2H3/t19-/m0/s1. The lowest BCUT2D eigenvalue weighted by Crippen LogP contribution is -2.46. The molecule has 0 bridgehead atoms. The lowest BCUT2D eigenvalue weighted by atomic mass is 10.1. The van der Waals surface area contributed by atoms with Crippen LogP contribution in [0.1, 0.15) is 20.3 Å². The maximum absolute atomic E-state index is 14.0. The molecule has 138 valence electrons. The third-order valence-electron chi connectivity index (χ3n) is 5.61. The SMILES string of the molecule is CC(C)N1CC[C@H](N2CCN(c3ccc(F)cc3)c3cc(F)ccc32)C1. The third-order valence-corrected chi connectivity index (χ3v) is 5.61. The molecule has 1 atom stereocenters. The highest BCUT2D eigenvalue weighted by Gasteiger charge is 2.33. The summed E-state index contributed by atoms with van der Waals surface area (Å²) in [5, 5.41) is 0. The van der Waals surface area contributed by atoms with Crippen LogP contribution in [0.5, 0.6) is 0 Å². The van der Waals surface area contributed by atoms with Crippen LogP contribution in [-0.2, 0) is 0 Å². The lowest BCUT2D eigenvalue weighted by molar-refractivity contribution is 0.271. The van der Waals surface area contributed by atoms with Gasteiger partial charge >= 0.3 is 0 Å². The highest BCUT2D eigenvalue weighted by molar-refractivity contribution is 5.79. The second-order valence-corrected chi connectivity index (χ2v) is 7.49. The molecular weight excluding hydrogens is 332 g/mol. The van der Waals surface area contributed by atoms with E-state index >= 15 is 0 Å². The molecule has 1 fully saturated rings. The van der Waals surface area contributed by atoms with Crippen molar-refractivity contribution < 1.29 is 8.78 Å². The number of anilines is 3. The van der Waals surface area contributed by atoms with Crippen molar-refractivity contribution in [2.24, 2.45) is 0 Å². The Labute approximate surface area is 153 Å². The van der Waals surface area contributed by atoms with E-state index in [9.17, 15) is 8.78 Å². The van der Waals surface area contributed by atoms with Gasteiger partial charge in [-0.2, -0.15) is 0 Å². The van der Waals surface area contributed by atoms with Gasteiger partial charge in [0.05, 0.1) is 11.4 Å². The molecule has 0 amide bonds. The van der Waals surface area contributed by atoms with Crippen molar-refractivity contribution in [1.29, 1.82) is 0 Å². The molecule has 0 aromatic heterocycles. The molecule has 26 heavy (non-hydrogen) atoms. The van der Waals surface area contributed by atoms with Crippen LogP contribution in [0.4, 0.5) is 25.8 Å². The number of hydrogen-bond acceptors (Lipinski definition) is 3. The Morgan fingerprint density at radius 2 is 1.62 bits per heavy atom. The Morgan fingerprint density at radius 3 is 2.31 bits per heavy atom. The first-order valence-corrected chi connectivity index (χ1v) is 9.36. The molecule has 1 saturated heterocycles. The van der Waals surface area contributed by atoms with Crippen LogP contribution in [0.15, 0.2) is 42.5 Å². The first kappa shape index (κ1) is 17.3. The molecule has 5 heteroatoms. The van der Waals surface area contributed by atoms with Gasteiger partial charge in [0.25, 0.3) is 0 Å². The average Bonchev–Trinajstić information content (AvgIpc) is 3.12. The molecule has 0 unspecified atom stereocenters. The lowest BCUT2D eigenvalue weighted by Gasteiger charge is -2.42. The van der Waals surface area contributed by atoms with Crippen molar-refractivity contribution in [2.45, 2.75) is 32.4 Å². The third kappa shape index (κ3) is 3.16. The zero-order valence-electron chi connectivity index (χ0n) is 15.3. The molecule has 4 rings (SSSR count). The first-order valence-electron chi connectivity index (χ1n) is 9.36. The van der Waals surface area contributed by atoms with Gasteiger partial charge in [-0.05, 0) is 62.7 Å². The molecule has 2 aliphatic heterocycles. The minimum absolute atomic E-state index is 0.243. The molecule has 2 heterocycles. The van der Waals surface area contributed by atoms with Crippen LogP contribution in [0.3, 0.4) is 0 Å². The van der Waals surface area contributed by atoms with Gasteiger partial charge in [-0.15, -0.1) is 0 Å². The fourth-order valence-corrected chi connectivity index (χ4v) is 4.16. The summed E-state index contributed by atoms with van der Waals surface area (Å²) in [7, 11) is 0. The Balaban J connectivity index is 1.66. The summed E-state index contributed by atoms with van der Waals surface area (Å²) in [5.74, 6) is -0.500. The van der Waals surface area contributed by atoms with Crippen molar-refractivity contribution in [3.63, 3.8) is 0 Å². The highest BCUT2D eigenvalue weighted by Crippen LogP contribution is 2.40. The van der Waals surface area contributed by atoms with Gasteiger partial charge in [-0.3, -0.25) is 4.90 Å². The number of likely N-dealkylation sites (tertiary alicyclic amines) is 1. The van der Waals surface area contributed by atoms with Gasteiger partial charge in [0.15, 0.2) is 0 Å². The topological polar surface area (TPSA) is 9.72 Å². The number of fused-ring (bicyclic) bond motifs is 1. The van der Waals surface area contributed by atoms with E-state index in [-0.39, 0.29) is 11.6 Å². The van der Waals surface area contributed by atoms with E-state index in [1.54, 1.807) is 18.2 Å². The van der Waals surface area contributed by atoms with Crippen LogP contribution in [-0.4, -0.2) is 43.2 Å². The van der Waals surface area contributed by atoms with E-state index in [1.807, 2.05) is 6.07 Å². The molecule has 3 nitrogen and oxygen atoms in total. The zero-order valence-corrected chi connectivity index (χ0v) is 15.3. The number of benzene rings is 2. The minimum atomic E-state index is -0.258. The van der Waals surface area contributed by atoms with E-state index in [4.69, 9.17) is 0 Å². The summed E-state index contributed by atoms with van der Waals surface area (Å²) in [4.78, 5) is 7.01. The predicted molar refractivity (Wildman–Crippen MR) is 102 cm³/mol. The summed E-state index contributed by atoms with van der Waals surface area (Å²) in [6.45, 7) is 8.27. The quantitative estimate of drug-likeness (QED) is 0.806. The molecular formula is C21H25F2N3. The van der Waals surface area contributed by atoms with Gasteiger partial charge in [0.2, 0.25) is 0 Å². The van der Waals surface area contributed by atoms with Gasteiger partial charge < -0.3 is 9.80 Å². The molecule has 2 aromatic carbocycles. The summed E-state index contributed by atoms with van der Waals surface area (Å²) >= 11 is 0. The molecule has 0 radical (unpaired) electrons. The van der Waals surface area contributed by atoms with E-state index < -0.39 is 0 Å². The second kappa shape index (κ2) is 6.88. The van der Waals surface area contributed by atoms with Crippen molar-refractivity contribution in [1.82, 2.24) is 4.90 Å². The molecule has 2 aliphatic rings. The van der Waals surface area contributed by atoms with E-state index in [2.05, 4.69) is 28.5 Å². The van der Waals surface area contributed by atoms with Crippen molar-refractivity contribution >= 4 is 17.1 Å². The van der Waals surface area contributed by atoms with Crippen LogP contribution in [0, 0.1) is 11.6 Å². The Bertz CT molecular complexity index is 775.